The minimum atomic E-state index is -0.939. The Hall–Kier alpha value is -3.20. The lowest BCUT2D eigenvalue weighted by Gasteiger charge is -2.03. The largest absolute Gasteiger partial charge is 0.355 e. The van der Waals surface area contributed by atoms with Gasteiger partial charge in [-0.05, 0) is 24.3 Å². The van der Waals surface area contributed by atoms with E-state index in [4.69, 9.17) is 0 Å². The molecule has 0 spiro atoms. The Morgan fingerprint density at radius 1 is 1.04 bits per heavy atom. The fourth-order valence-corrected chi connectivity index (χ4v) is 1.96. The van der Waals surface area contributed by atoms with E-state index < -0.39 is 17.5 Å². The molecule has 0 aliphatic carbocycles. The van der Waals surface area contributed by atoms with Gasteiger partial charge in [-0.1, -0.05) is 24.0 Å². The highest BCUT2D eigenvalue weighted by Gasteiger charge is 2.11. The normalized spacial score (nSPS) is 9.62. The van der Waals surface area contributed by atoms with Crippen molar-refractivity contribution in [1.82, 2.24) is 10.6 Å². The molecule has 2 N–H and O–H groups in total. The number of amides is 2. The predicted octanol–water partition coefficient (Wildman–Crippen LogP) is 2.11. The first kappa shape index (κ1) is 17.2. The van der Waals surface area contributed by atoms with E-state index in [1.807, 2.05) is 0 Å². The molecule has 0 radical (unpaired) electrons. The average molecular weight is 328 g/mol. The van der Waals surface area contributed by atoms with Crippen LogP contribution in [0.3, 0.4) is 0 Å². The highest BCUT2D eigenvalue weighted by molar-refractivity contribution is 5.96. The minimum absolute atomic E-state index is 0.0439. The van der Waals surface area contributed by atoms with Crippen LogP contribution in [0.25, 0.3) is 0 Å². The zero-order chi connectivity index (χ0) is 17.5. The first-order valence-electron chi connectivity index (χ1n) is 7.06. The molecule has 6 heteroatoms. The van der Waals surface area contributed by atoms with Crippen molar-refractivity contribution in [2.45, 2.75) is 0 Å². The first-order chi connectivity index (χ1) is 11.5. The maximum atomic E-state index is 13.5. The van der Waals surface area contributed by atoms with Crippen LogP contribution in [0.1, 0.15) is 26.3 Å². The van der Waals surface area contributed by atoms with Crippen LogP contribution in [0, 0.1) is 23.5 Å². The molecule has 0 aliphatic rings. The lowest BCUT2D eigenvalue weighted by Crippen LogP contribution is -2.24. The van der Waals surface area contributed by atoms with Gasteiger partial charge in [0.15, 0.2) is 0 Å². The van der Waals surface area contributed by atoms with Gasteiger partial charge in [0.1, 0.15) is 11.6 Å². The van der Waals surface area contributed by atoms with Crippen molar-refractivity contribution in [3.63, 3.8) is 0 Å². The van der Waals surface area contributed by atoms with Gasteiger partial charge in [-0.2, -0.15) is 0 Å². The second-order valence-corrected chi connectivity index (χ2v) is 4.73. The zero-order valence-electron chi connectivity index (χ0n) is 12.8. The summed E-state index contributed by atoms with van der Waals surface area (Å²) < 4.78 is 26.3. The number of halogens is 2. The monoisotopic (exact) mass is 328 g/mol. The molecule has 2 rings (SSSR count). The molecule has 122 valence electrons. The second-order valence-electron chi connectivity index (χ2n) is 4.73. The van der Waals surface area contributed by atoms with Crippen LogP contribution in [0.15, 0.2) is 42.5 Å². The van der Waals surface area contributed by atoms with Gasteiger partial charge in [-0.3, -0.25) is 9.59 Å². The van der Waals surface area contributed by atoms with Crippen molar-refractivity contribution in [3.05, 3.63) is 70.8 Å². The van der Waals surface area contributed by atoms with E-state index in [0.717, 1.165) is 12.1 Å². The highest BCUT2D eigenvalue weighted by atomic mass is 19.1. The number of carbonyl (C=O) groups excluding carboxylic acids is 2. The van der Waals surface area contributed by atoms with Gasteiger partial charge in [0.2, 0.25) is 0 Å². The number of rotatable bonds is 3. The minimum Gasteiger partial charge on any atom is -0.355 e. The van der Waals surface area contributed by atoms with Gasteiger partial charge in [0.05, 0.1) is 17.7 Å². The predicted molar refractivity (Wildman–Crippen MR) is 85.4 cm³/mol. The summed E-state index contributed by atoms with van der Waals surface area (Å²) in [5.41, 5.74) is 0.673. The molecule has 2 amide bonds. The Kier molecular flexibility index (Phi) is 5.63. The molecule has 0 aromatic heterocycles. The van der Waals surface area contributed by atoms with Gasteiger partial charge in [0, 0.05) is 18.7 Å². The molecule has 2 aromatic rings. The Morgan fingerprint density at radius 3 is 2.50 bits per heavy atom. The van der Waals surface area contributed by atoms with Crippen LogP contribution in [0.4, 0.5) is 8.78 Å². The van der Waals surface area contributed by atoms with E-state index >= 15 is 0 Å². The summed E-state index contributed by atoms with van der Waals surface area (Å²) in [6.45, 7) is -0.0439. The number of hydrogen-bond acceptors (Lipinski definition) is 2. The molecule has 0 aliphatic heterocycles. The van der Waals surface area contributed by atoms with E-state index in [9.17, 15) is 18.4 Å². The van der Waals surface area contributed by atoms with E-state index in [1.165, 1.54) is 7.05 Å². The Morgan fingerprint density at radius 2 is 1.79 bits per heavy atom. The van der Waals surface area contributed by atoms with Crippen LogP contribution in [0.5, 0.6) is 0 Å². The quantitative estimate of drug-likeness (QED) is 0.848. The first-order valence-corrected chi connectivity index (χ1v) is 7.06. The molecular formula is C18H14F2N2O2. The van der Waals surface area contributed by atoms with Crippen LogP contribution >= 0.6 is 0 Å². The summed E-state index contributed by atoms with van der Waals surface area (Å²) in [6.07, 6.45) is 0. The molecule has 0 saturated carbocycles. The van der Waals surface area contributed by atoms with E-state index in [-0.39, 0.29) is 18.0 Å². The molecular weight excluding hydrogens is 314 g/mol. The topological polar surface area (TPSA) is 58.2 Å². The summed E-state index contributed by atoms with van der Waals surface area (Å²) in [5.74, 6) is 2.82. The summed E-state index contributed by atoms with van der Waals surface area (Å²) in [4.78, 5) is 23.5. The molecule has 2 aromatic carbocycles. The van der Waals surface area contributed by atoms with Gasteiger partial charge < -0.3 is 10.6 Å². The van der Waals surface area contributed by atoms with Crippen LogP contribution in [-0.2, 0) is 0 Å². The molecule has 0 fully saturated rings. The van der Waals surface area contributed by atoms with Crippen LogP contribution < -0.4 is 10.6 Å². The Balaban J connectivity index is 2.04. The smallest absolute Gasteiger partial charge is 0.255 e. The number of nitrogens with one attached hydrogen (secondary N) is 2. The van der Waals surface area contributed by atoms with Crippen molar-refractivity contribution in [2.75, 3.05) is 13.6 Å². The summed E-state index contributed by atoms with van der Waals surface area (Å²) >= 11 is 0. The Bertz CT molecular complexity index is 838. The summed E-state index contributed by atoms with van der Waals surface area (Å²) in [5, 5.41) is 4.93. The fourth-order valence-electron chi connectivity index (χ4n) is 1.96. The van der Waals surface area contributed by atoms with Crippen molar-refractivity contribution in [3.8, 4) is 11.8 Å². The van der Waals surface area contributed by atoms with Crippen LogP contribution in [-0.4, -0.2) is 25.4 Å². The molecule has 4 nitrogen and oxygen atoms in total. The van der Waals surface area contributed by atoms with Gasteiger partial charge in [0.25, 0.3) is 11.8 Å². The van der Waals surface area contributed by atoms with Crippen molar-refractivity contribution < 1.29 is 18.4 Å². The van der Waals surface area contributed by atoms with Gasteiger partial charge in [-0.25, -0.2) is 8.78 Å². The molecule has 0 unspecified atom stereocenters. The SMILES string of the molecule is CNC(=O)c1ccccc1C#CCNC(=O)c1ccc(F)cc1F. The van der Waals surface area contributed by atoms with Crippen molar-refractivity contribution in [1.29, 1.82) is 0 Å². The second kappa shape index (κ2) is 7.88. The average Bonchev–Trinajstić information content (AvgIpc) is 2.58. The summed E-state index contributed by atoms with van der Waals surface area (Å²) in [6, 6.07) is 9.48. The lowest BCUT2D eigenvalue weighted by atomic mass is 10.1. The molecule has 24 heavy (non-hydrogen) atoms. The van der Waals surface area contributed by atoms with Gasteiger partial charge >= 0.3 is 0 Å². The van der Waals surface area contributed by atoms with Crippen LogP contribution in [0.2, 0.25) is 0 Å². The number of hydrogen-bond donors (Lipinski definition) is 2. The van der Waals surface area contributed by atoms with E-state index in [0.29, 0.717) is 17.2 Å². The third-order valence-electron chi connectivity index (χ3n) is 3.13. The van der Waals surface area contributed by atoms with Gasteiger partial charge in [-0.15, -0.1) is 0 Å². The van der Waals surface area contributed by atoms with E-state index in [2.05, 4.69) is 22.5 Å². The standard InChI is InChI=1S/C18H14F2N2O2/c1-21-17(23)14-7-3-2-5-12(14)6-4-10-22-18(24)15-9-8-13(19)11-16(15)20/h2-3,5,7-9,11H,10H2,1H3,(H,21,23)(H,22,24). The molecule has 0 saturated heterocycles. The van der Waals surface area contributed by atoms with Crippen molar-refractivity contribution >= 4 is 11.8 Å². The maximum absolute atomic E-state index is 13.5. The molecule has 0 bridgehead atoms. The van der Waals surface area contributed by atoms with E-state index in [1.54, 1.807) is 24.3 Å². The number of benzene rings is 2. The third-order valence-corrected chi connectivity index (χ3v) is 3.13. The van der Waals surface area contributed by atoms with Crippen molar-refractivity contribution in [2.24, 2.45) is 0 Å². The molecule has 0 heterocycles. The summed E-state index contributed by atoms with van der Waals surface area (Å²) in [7, 11) is 1.52. The Labute approximate surface area is 137 Å². The fraction of sp³-hybridized carbons (Fsp3) is 0.111. The lowest BCUT2D eigenvalue weighted by molar-refractivity contribution is 0.0949. The maximum Gasteiger partial charge on any atom is 0.255 e. The third kappa shape index (κ3) is 4.17. The zero-order valence-corrected chi connectivity index (χ0v) is 12.8. The number of carbonyl (C=O) groups is 2. The highest BCUT2D eigenvalue weighted by Crippen LogP contribution is 2.09. The molecule has 0 atom stereocenters.